The summed E-state index contributed by atoms with van der Waals surface area (Å²) >= 11 is 0. The molecule has 3 rings (SSSR count). The molecule has 0 aliphatic rings. The van der Waals surface area contributed by atoms with E-state index in [1.807, 2.05) is 0 Å². The van der Waals surface area contributed by atoms with Crippen LogP contribution in [0, 0.1) is 23.3 Å². The molecule has 3 aromatic carbocycles. The fourth-order valence-corrected chi connectivity index (χ4v) is 3.52. The minimum Gasteiger partial charge on any atom is -0.206 e. The Hall–Kier alpha value is -3.09. The third kappa shape index (κ3) is 6.24. The Morgan fingerprint density at radius 3 is 1.85 bits per heavy atom. The van der Waals surface area contributed by atoms with Crippen molar-refractivity contribution in [3.05, 3.63) is 89.0 Å². The van der Waals surface area contributed by atoms with Gasteiger partial charge in [-0.25, -0.2) is 17.6 Å². The lowest BCUT2D eigenvalue weighted by molar-refractivity contribution is -0.0790. The maximum atomic E-state index is 14.8. The van der Waals surface area contributed by atoms with E-state index in [0.717, 1.165) is 49.4 Å². The second-order valence-corrected chi connectivity index (χ2v) is 7.69. The standard InChI is InChI=1S/C26H21F7/c1-2-3-4-5-16-6-8-19(22(27)12-16)17-7-9-20(23(28)13-17)18-14-24(29)21(25(30)15-18)10-11-26(31,32)33/h6-15H,2-5H2,1H3. The third-order valence-electron chi connectivity index (χ3n) is 5.21. The molecule has 174 valence electrons. The maximum absolute atomic E-state index is 14.8. The quantitative estimate of drug-likeness (QED) is 0.241. The van der Waals surface area contributed by atoms with Crippen LogP contribution < -0.4 is 0 Å². The van der Waals surface area contributed by atoms with Gasteiger partial charge >= 0.3 is 6.18 Å². The third-order valence-corrected chi connectivity index (χ3v) is 5.21. The van der Waals surface area contributed by atoms with Crippen molar-refractivity contribution < 1.29 is 30.7 Å². The van der Waals surface area contributed by atoms with E-state index in [1.165, 1.54) is 18.2 Å². The second-order valence-electron chi connectivity index (χ2n) is 7.69. The van der Waals surface area contributed by atoms with Crippen LogP contribution in [0.2, 0.25) is 0 Å². The molecule has 0 heterocycles. The molecule has 33 heavy (non-hydrogen) atoms. The van der Waals surface area contributed by atoms with Crippen LogP contribution in [-0.4, -0.2) is 6.18 Å². The molecule has 0 atom stereocenters. The average molecular weight is 466 g/mol. The molecule has 0 amide bonds. The van der Waals surface area contributed by atoms with Crippen LogP contribution in [-0.2, 0) is 6.42 Å². The Morgan fingerprint density at radius 2 is 1.27 bits per heavy atom. The summed E-state index contributed by atoms with van der Waals surface area (Å²) < 4.78 is 94.7. The fourth-order valence-electron chi connectivity index (χ4n) is 3.52. The van der Waals surface area contributed by atoms with Gasteiger partial charge in [-0.15, -0.1) is 0 Å². The van der Waals surface area contributed by atoms with Gasteiger partial charge < -0.3 is 0 Å². The van der Waals surface area contributed by atoms with Gasteiger partial charge in [-0.05, 0) is 59.9 Å². The molecular formula is C26H21F7. The highest BCUT2D eigenvalue weighted by molar-refractivity contribution is 5.72. The number of benzene rings is 3. The predicted octanol–water partition coefficient (Wildman–Crippen LogP) is 8.89. The van der Waals surface area contributed by atoms with Gasteiger partial charge in [0.1, 0.15) is 23.3 Å². The molecule has 0 aliphatic heterocycles. The molecule has 0 nitrogen and oxygen atoms in total. The lowest BCUT2D eigenvalue weighted by Gasteiger charge is -2.11. The van der Waals surface area contributed by atoms with Crippen LogP contribution in [0.3, 0.4) is 0 Å². The van der Waals surface area contributed by atoms with Crippen molar-refractivity contribution in [3.8, 4) is 22.3 Å². The van der Waals surface area contributed by atoms with Crippen molar-refractivity contribution >= 4 is 6.08 Å². The second kappa shape index (κ2) is 10.2. The van der Waals surface area contributed by atoms with Crippen LogP contribution in [0.1, 0.15) is 37.3 Å². The van der Waals surface area contributed by atoms with E-state index in [4.69, 9.17) is 0 Å². The van der Waals surface area contributed by atoms with E-state index in [1.54, 1.807) is 12.1 Å². The highest BCUT2D eigenvalue weighted by Crippen LogP contribution is 2.32. The first-order valence-corrected chi connectivity index (χ1v) is 10.4. The Kier molecular flexibility index (Phi) is 7.61. The van der Waals surface area contributed by atoms with Gasteiger partial charge in [-0.1, -0.05) is 44.0 Å². The van der Waals surface area contributed by atoms with Crippen LogP contribution in [0.15, 0.2) is 54.6 Å². The molecule has 0 aliphatic carbocycles. The van der Waals surface area contributed by atoms with Crippen molar-refractivity contribution in [2.75, 3.05) is 0 Å². The maximum Gasteiger partial charge on any atom is 0.409 e. The van der Waals surface area contributed by atoms with Crippen LogP contribution in [0.25, 0.3) is 28.3 Å². The zero-order valence-electron chi connectivity index (χ0n) is 17.7. The number of hydrogen-bond donors (Lipinski definition) is 0. The van der Waals surface area contributed by atoms with Gasteiger partial charge in [0.05, 0.1) is 0 Å². The SMILES string of the molecule is CCCCCc1ccc(-c2ccc(-c3cc(F)c(C=CC(F)(F)F)c(F)c3)c(F)c2)c(F)c1. The fraction of sp³-hybridized carbons (Fsp3) is 0.231. The Morgan fingerprint density at radius 1 is 0.697 bits per heavy atom. The lowest BCUT2D eigenvalue weighted by atomic mass is 9.97. The number of halogens is 7. The Balaban J connectivity index is 1.89. The zero-order valence-corrected chi connectivity index (χ0v) is 17.7. The van der Waals surface area contributed by atoms with E-state index in [2.05, 4.69) is 6.92 Å². The summed E-state index contributed by atoms with van der Waals surface area (Å²) in [5, 5.41) is 0. The predicted molar refractivity (Wildman–Crippen MR) is 115 cm³/mol. The summed E-state index contributed by atoms with van der Waals surface area (Å²) in [6.45, 7) is 2.07. The van der Waals surface area contributed by atoms with E-state index in [-0.39, 0.29) is 34.4 Å². The monoisotopic (exact) mass is 466 g/mol. The molecule has 0 aromatic heterocycles. The summed E-state index contributed by atoms with van der Waals surface area (Å²) in [4.78, 5) is 0. The molecule has 0 bridgehead atoms. The Bertz CT molecular complexity index is 1140. The van der Waals surface area contributed by atoms with Gasteiger partial charge in [-0.2, -0.15) is 13.2 Å². The number of aryl methyl sites for hydroxylation is 1. The van der Waals surface area contributed by atoms with Crippen molar-refractivity contribution in [1.82, 2.24) is 0 Å². The molecule has 0 saturated carbocycles. The average Bonchev–Trinajstić information content (AvgIpc) is 2.72. The van der Waals surface area contributed by atoms with E-state index >= 15 is 0 Å². The van der Waals surface area contributed by atoms with Crippen molar-refractivity contribution in [1.29, 1.82) is 0 Å². The molecule has 0 N–H and O–H groups in total. The number of hydrogen-bond acceptors (Lipinski definition) is 0. The van der Waals surface area contributed by atoms with E-state index in [0.29, 0.717) is 0 Å². The molecule has 0 radical (unpaired) electrons. The van der Waals surface area contributed by atoms with Gasteiger partial charge in [0.25, 0.3) is 0 Å². The van der Waals surface area contributed by atoms with Gasteiger partial charge in [0.2, 0.25) is 0 Å². The molecule has 0 saturated heterocycles. The first-order valence-electron chi connectivity index (χ1n) is 10.4. The van der Waals surface area contributed by atoms with Crippen molar-refractivity contribution in [3.63, 3.8) is 0 Å². The normalized spacial score (nSPS) is 12.0. The van der Waals surface area contributed by atoms with Gasteiger partial charge in [-0.3, -0.25) is 0 Å². The number of allylic oxidation sites excluding steroid dienone is 1. The highest BCUT2D eigenvalue weighted by atomic mass is 19.4. The Labute approximate surface area is 187 Å². The first-order chi connectivity index (χ1) is 15.6. The number of rotatable bonds is 7. The minimum absolute atomic E-state index is 0.167. The summed E-state index contributed by atoms with van der Waals surface area (Å²) in [5.74, 6) is -3.89. The minimum atomic E-state index is -4.73. The topological polar surface area (TPSA) is 0 Å². The highest BCUT2D eigenvalue weighted by Gasteiger charge is 2.23. The number of alkyl halides is 3. The lowest BCUT2D eigenvalue weighted by Crippen LogP contribution is -2.01. The van der Waals surface area contributed by atoms with Crippen molar-refractivity contribution in [2.24, 2.45) is 0 Å². The van der Waals surface area contributed by atoms with E-state index < -0.39 is 35.0 Å². The molecule has 0 unspecified atom stereocenters. The molecule has 3 aromatic rings. The summed E-state index contributed by atoms with van der Waals surface area (Å²) in [6.07, 6.45) is -0.970. The molecule has 0 fully saturated rings. The molecular weight excluding hydrogens is 445 g/mol. The summed E-state index contributed by atoms with van der Waals surface area (Å²) in [5.41, 5.74) is 0.0373. The van der Waals surface area contributed by atoms with Gasteiger partial charge in [0, 0.05) is 22.8 Å². The molecule has 7 heteroatoms. The van der Waals surface area contributed by atoms with Gasteiger partial charge in [0.15, 0.2) is 0 Å². The summed E-state index contributed by atoms with van der Waals surface area (Å²) in [6, 6.07) is 9.97. The molecule has 0 spiro atoms. The summed E-state index contributed by atoms with van der Waals surface area (Å²) in [7, 11) is 0. The van der Waals surface area contributed by atoms with Crippen LogP contribution in [0.4, 0.5) is 30.7 Å². The smallest absolute Gasteiger partial charge is 0.206 e. The van der Waals surface area contributed by atoms with Crippen LogP contribution in [0.5, 0.6) is 0 Å². The van der Waals surface area contributed by atoms with E-state index in [9.17, 15) is 30.7 Å². The zero-order chi connectivity index (χ0) is 24.2. The largest absolute Gasteiger partial charge is 0.409 e. The number of unbranched alkanes of at least 4 members (excludes halogenated alkanes) is 2. The first kappa shape index (κ1) is 24.6. The van der Waals surface area contributed by atoms with Crippen molar-refractivity contribution in [2.45, 2.75) is 38.8 Å². The van der Waals surface area contributed by atoms with Crippen LogP contribution >= 0.6 is 0 Å².